The van der Waals surface area contributed by atoms with Crippen LogP contribution in [0.4, 0.5) is 5.69 Å². The van der Waals surface area contributed by atoms with Gasteiger partial charge in [-0.15, -0.1) is 0 Å². The minimum atomic E-state index is -3.49. The third kappa shape index (κ3) is 5.00. The number of nitrogens with one attached hydrogen (secondary N) is 1. The van der Waals surface area contributed by atoms with E-state index in [4.69, 9.17) is 13.9 Å². The number of carbonyl (C=O) groups excluding carboxylic acids is 1. The van der Waals surface area contributed by atoms with Crippen LogP contribution in [0.5, 0.6) is 17.2 Å². The molecule has 31 heavy (non-hydrogen) atoms. The first-order valence-electron chi connectivity index (χ1n) is 9.44. The van der Waals surface area contributed by atoms with Gasteiger partial charge in [0.15, 0.2) is 15.6 Å². The van der Waals surface area contributed by atoms with Gasteiger partial charge in [0.05, 0.1) is 30.6 Å². The maximum absolute atomic E-state index is 12.6. The lowest BCUT2D eigenvalue weighted by Crippen LogP contribution is -2.12. The lowest BCUT2D eigenvalue weighted by Gasteiger charge is -2.10. The van der Waals surface area contributed by atoms with Crippen LogP contribution in [0, 0.1) is 0 Å². The number of anilines is 1. The quantitative estimate of drug-likeness (QED) is 0.509. The molecule has 0 fully saturated rings. The van der Waals surface area contributed by atoms with E-state index in [-0.39, 0.29) is 27.8 Å². The van der Waals surface area contributed by atoms with Crippen molar-refractivity contribution in [2.24, 2.45) is 0 Å². The molecule has 3 rings (SSSR count). The van der Waals surface area contributed by atoms with Crippen molar-refractivity contribution in [2.45, 2.75) is 18.2 Å². The molecule has 2 aromatic carbocycles. The maximum atomic E-state index is 12.6. The van der Waals surface area contributed by atoms with Gasteiger partial charge >= 0.3 is 0 Å². The molecule has 1 aromatic heterocycles. The van der Waals surface area contributed by atoms with Crippen LogP contribution in [0.3, 0.4) is 0 Å². The molecule has 3 aromatic rings. The highest BCUT2D eigenvalue weighted by molar-refractivity contribution is 7.91. The molecule has 8 nitrogen and oxygen atoms in total. The van der Waals surface area contributed by atoms with E-state index in [1.807, 2.05) is 6.07 Å². The Morgan fingerprint density at radius 2 is 1.84 bits per heavy atom. The lowest BCUT2D eigenvalue weighted by molar-refractivity contribution is 0.0994. The Balaban J connectivity index is 1.80. The van der Waals surface area contributed by atoms with E-state index >= 15 is 0 Å². The van der Waals surface area contributed by atoms with E-state index < -0.39 is 15.7 Å². The van der Waals surface area contributed by atoms with Gasteiger partial charge in [-0.2, -0.15) is 0 Å². The monoisotopic (exact) mass is 445 g/mol. The van der Waals surface area contributed by atoms with Crippen LogP contribution >= 0.6 is 0 Å². The van der Waals surface area contributed by atoms with E-state index in [2.05, 4.69) is 5.32 Å². The summed E-state index contributed by atoms with van der Waals surface area (Å²) in [4.78, 5) is 12.6. The summed E-state index contributed by atoms with van der Waals surface area (Å²) in [6.45, 7) is 1.52. The lowest BCUT2D eigenvalue weighted by atomic mass is 10.1. The van der Waals surface area contributed by atoms with Gasteiger partial charge in [-0.3, -0.25) is 4.79 Å². The fraction of sp³-hybridized carbons (Fsp3) is 0.227. The van der Waals surface area contributed by atoms with Gasteiger partial charge < -0.3 is 24.3 Å². The van der Waals surface area contributed by atoms with Crippen molar-refractivity contribution in [3.8, 4) is 17.2 Å². The number of amides is 1. The Labute approximate surface area is 180 Å². The van der Waals surface area contributed by atoms with Gasteiger partial charge in [-0.05, 0) is 48.5 Å². The standard InChI is InChI=1S/C22H23NO7S/c1-4-31(26,27)17-7-8-19(24)18(13-17)23-22(25)21-10-6-16(30-21)12-14-11-15(28-2)5-9-20(14)29-3/h5-11,13,24H,4,12H2,1-3H3,(H,23,25). The van der Waals surface area contributed by atoms with Crippen LogP contribution in [0.1, 0.15) is 28.8 Å². The first kappa shape index (κ1) is 22.2. The second-order valence-electron chi connectivity index (χ2n) is 6.66. The van der Waals surface area contributed by atoms with Gasteiger partial charge in [0.2, 0.25) is 0 Å². The fourth-order valence-corrected chi connectivity index (χ4v) is 3.87. The van der Waals surface area contributed by atoms with Crippen LogP contribution in [-0.2, 0) is 16.3 Å². The molecular formula is C22H23NO7S. The number of ether oxygens (including phenoxy) is 2. The maximum Gasteiger partial charge on any atom is 0.291 e. The molecule has 0 saturated heterocycles. The smallest absolute Gasteiger partial charge is 0.291 e. The van der Waals surface area contributed by atoms with Crippen LogP contribution < -0.4 is 14.8 Å². The molecule has 0 spiro atoms. The summed E-state index contributed by atoms with van der Waals surface area (Å²) < 4.78 is 40.4. The Morgan fingerprint density at radius 1 is 1.06 bits per heavy atom. The molecule has 164 valence electrons. The first-order valence-corrected chi connectivity index (χ1v) is 11.1. The van der Waals surface area contributed by atoms with Crippen molar-refractivity contribution in [2.75, 3.05) is 25.3 Å². The number of hydrogen-bond acceptors (Lipinski definition) is 7. The number of rotatable bonds is 8. The molecule has 0 aliphatic rings. The van der Waals surface area contributed by atoms with E-state index in [0.717, 1.165) is 5.56 Å². The normalized spacial score (nSPS) is 11.2. The second-order valence-corrected chi connectivity index (χ2v) is 8.94. The molecule has 0 radical (unpaired) electrons. The molecule has 0 unspecified atom stereocenters. The average molecular weight is 445 g/mol. The van der Waals surface area contributed by atoms with Crippen molar-refractivity contribution in [3.63, 3.8) is 0 Å². The topological polar surface area (TPSA) is 115 Å². The summed E-state index contributed by atoms with van der Waals surface area (Å²) in [7, 11) is -0.361. The number of phenols is 1. The van der Waals surface area contributed by atoms with Gasteiger partial charge in [0, 0.05) is 12.0 Å². The Hall–Kier alpha value is -3.46. The van der Waals surface area contributed by atoms with E-state index in [9.17, 15) is 18.3 Å². The number of methoxy groups -OCH3 is 2. The number of hydrogen-bond donors (Lipinski definition) is 2. The molecule has 0 atom stereocenters. The zero-order chi connectivity index (χ0) is 22.6. The molecule has 1 heterocycles. The predicted octanol–water partition coefficient (Wildman–Crippen LogP) is 3.64. The molecule has 0 aliphatic heterocycles. The Kier molecular flexibility index (Phi) is 6.55. The van der Waals surface area contributed by atoms with Crippen LogP contribution in [-0.4, -0.2) is 39.4 Å². The zero-order valence-corrected chi connectivity index (χ0v) is 18.2. The van der Waals surface area contributed by atoms with Gasteiger partial charge in [-0.1, -0.05) is 6.92 Å². The fourth-order valence-electron chi connectivity index (χ4n) is 2.96. The van der Waals surface area contributed by atoms with Crippen LogP contribution in [0.25, 0.3) is 0 Å². The average Bonchev–Trinajstić information content (AvgIpc) is 3.23. The minimum Gasteiger partial charge on any atom is -0.506 e. The highest BCUT2D eigenvalue weighted by atomic mass is 32.2. The zero-order valence-electron chi connectivity index (χ0n) is 17.3. The Morgan fingerprint density at radius 3 is 2.52 bits per heavy atom. The number of aromatic hydroxyl groups is 1. The Bertz CT molecular complexity index is 1200. The highest BCUT2D eigenvalue weighted by Crippen LogP contribution is 2.29. The number of phenolic OH excluding ortho intramolecular Hbond substituents is 1. The molecule has 2 N–H and O–H groups in total. The summed E-state index contributed by atoms with van der Waals surface area (Å²) in [6, 6.07) is 12.3. The third-order valence-corrected chi connectivity index (χ3v) is 6.43. The molecule has 9 heteroatoms. The summed E-state index contributed by atoms with van der Waals surface area (Å²) in [5.41, 5.74) is 0.796. The van der Waals surface area contributed by atoms with Crippen LogP contribution in [0.2, 0.25) is 0 Å². The first-order chi connectivity index (χ1) is 14.8. The second kappa shape index (κ2) is 9.13. The summed E-state index contributed by atoms with van der Waals surface area (Å²) in [6.07, 6.45) is 0.364. The predicted molar refractivity (Wildman–Crippen MR) is 115 cm³/mol. The number of benzene rings is 2. The van der Waals surface area contributed by atoms with Crippen molar-refractivity contribution in [1.82, 2.24) is 0 Å². The summed E-state index contributed by atoms with van der Waals surface area (Å²) in [5.74, 6) is 0.880. The third-order valence-electron chi connectivity index (χ3n) is 4.69. The largest absolute Gasteiger partial charge is 0.506 e. The number of furan rings is 1. The molecule has 1 amide bonds. The van der Waals surface area contributed by atoms with Crippen molar-refractivity contribution in [1.29, 1.82) is 0 Å². The summed E-state index contributed by atoms with van der Waals surface area (Å²) >= 11 is 0. The van der Waals surface area contributed by atoms with E-state index in [1.54, 1.807) is 32.4 Å². The molecular weight excluding hydrogens is 422 g/mol. The summed E-state index contributed by atoms with van der Waals surface area (Å²) in [5, 5.41) is 12.5. The number of carbonyl (C=O) groups is 1. The van der Waals surface area contributed by atoms with Gasteiger partial charge in [-0.25, -0.2) is 8.42 Å². The number of sulfone groups is 1. The van der Waals surface area contributed by atoms with Crippen molar-refractivity contribution in [3.05, 3.63) is 65.6 Å². The minimum absolute atomic E-state index is 0.00774. The molecule has 0 aliphatic carbocycles. The van der Waals surface area contributed by atoms with Crippen molar-refractivity contribution >= 4 is 21.4 Å². The van der Waals surface area contributed by atoms with Crippen LogP contribution in [0.15, 0.2) is 57.8 Å². The van der Waals surface area contributed by atoms with Gasteiger partial charge in [0.1, 0.15) is 23.0 Å². The molecule has 0 bridgehead atoms. The SMILES string of the molecule is CCS(=O)(=O)c1ccc(O)c(NC(=O)c2ccc(Cc3cc(OC)ccc3OC)o2)c1. The van der Waals surface area contributed by atoms with E-state index in [1.165, 1.54) is 31.2 Å². The highest BCUT2D eigenvalue weighted by Gasteiger charge is 2.18. The molecule has 0 saturated carbocycles. The van der Waals surface area contributed by atoms with Gasteiger partial charge in [0.25, 0.3) is 5.91 Å². The van der Waals surface area contributed by atoms with E-state index in [0.29, 0.717) is 23.7 Å². The van der Waals surface area contributed by atoms with Crippen molar-refractivity contribution < 1.29 is 32.2 Å².